The maximum atomic E-state index is 12.1. The number of amides is 2. The third-order valence-corrected chi connectivity index (χ3v) is 5.55. The number of carbonyl (C=O) groups is 1. The smallest absolute Gasteiger partial charge is 0.314 e. The highest BCUT2D eigenvalue weighted by Crippen LogP contribution is 2.49. The molecule has 0 saturated heterocycles. The third kappa shape index (κ3) is 4.51. The lowest BCUT2D eigenvalue weighted by Gasteiger charge is -2.19. The van der Waals surface area contributed by atoms with Gasteiger partial charge < -0.3 is 20.1 Å². The molecule has 0 atom stereocenters. The number of urea groups is 1. The minimum absolute atomic E-state index is 0.0305. The molecule has 1 aromatic carbocycles. The molecule has 0 heterocycles. The van der Waals surface area contributed by atoms with Crippen molar-refractivity contribution in [2.45, 2.75) is 50.4 Å². The molecule has 0 bridgehead atoms. The Kier molecular flexibility index (Phi) is 6.07. The summed E-state index contributed by atoms with van der Waals surface area (Å²) in [6.07, 6.45) is 10.4. The van der Waals surface area contributed by atoms with Crippen LogP contribution in [0.5, 0.6) is 11.5 Å². The van der Waals surface area contributed by atoms with Crippen molar-refractivity contribution in [3.63, 3.8) is 0 Å². The number of carbonyl (C=O) groups excluding carboxylic acids is 1. The van der Waals surface area contributed by atoms with Crippen LogP contribution in [0.3, 0.4) is 0 Å². The molecule has 0 aliphatic heterocycles. The van der Waals surface area contributed by atoms with Crippen LogP contribution in [0.25, 0.3) is 0 Å². The quantitative estimate of drug-likeness (QED) is 0.692. The average molecular weight is 358 g/mol. The van der Waals surface area contributed by atoms with E-state index in [-0.39, 0.29) is 11.4 Å². The van der Waals surface area contributed by atoms with Crippen molar-refractivity contribution in [2.75, 3.05) is 27.3 Å². The van der Waals surface area contributed by atoms with E-state index in [1.807, 2.05) is 12.1 Å². The van der Waals surface area contributed by atoms with Crippen molar-refractivity contribution in [3.8, 4) is 11.5 Å². The molecular formula is C21H30N2O3. The molecule has 142 valence electrons. The van der Waals surface area contributed by atoms with Gasteiger partial charge in [0.2, 0.25) is 0 Å². The van der Waals surface area contributed by atoms with Crippen LogP contribution in [0.4, 0.5) is 4.79 Å². The maximum absolute atomic E-state index is 12.1. The first-order valence-electron chi connectivity index (χ1n) is 9.59. The highest BCUT2D eigenvalue weighted by atomic mass is 16.5. The minimum atomic E-state index is -0.0758. The van der Waals surface area contributed by atoms with Crippen LogP contribution in [-0.2, 0) is 5.41 Å². The molecule has 2 amide bonds. The topological polar surface area (TPSA) is 59.6 Å². The summed E-state index contributed by atoms with van der Waals surface area (Å²) in [5.41, 5.74) is 2.71. The molecule has 0 radical (unpaired) electrons. The normalized spacial score (nSPS) is 17.8. The Hall–Kier alpha value is -2.17. The van der Waals surface area contributed by atoms with E-state index >= 15 is 0 Å². The Labute approximate surface area is 156 Å². The molecule has 0 unspecified atom stereocenters. The van der Waals surface area contributed by atoms with E-state index in [0.29, 0.717) is 13.1 Å². The van der Waals surface area contributed by atoms with Crippen LogP contribution < -0.4 is 20.1 Å². The van der Waals surface area contributed by atoms with Crippen LogP contribution in [-0.4, -0.2) is 33.3 Å². The SMILES string of the molecule is COc1ccc(C2(CNC(=O)NCCC3=CCCCC3)CC2)cc1OC. The molecule has 5 nitrogen and oxygen atoms in total. The van der Waals surface area contributed by atoms with Crippen LogP contribution in [0, 0.1) is 0 Å². The van der Waals surface area contributed by atoms with Crippen LogP contribution in [0.1, 0.15) is 50.5 Å². The molecule has 2 aliphatic rings. The van der Waals surface area contributed by atoms with Gasteiger partial charge in [0.25, 0.3) is 0 Å². The number of benzene rings is 1. The lowest BCUT2D eigenvalue weighted by atomic mass is 9.95. The fourth-order valence-electron chi connectivity index (χ4n) is 3.66. The highest BCUT2D eigenvalue weighted by Gasteiger charge is 2.44. The van der Waals surface area contributed by atoms with Crippen molar-refractivity contribution in [3.05, 3.63) is 35.4 Å². The second-order valence-electron chi connectivity index (χ2n) is 7.32. The molecular weight excluding hydrogens is 328 g/mol. The van der Waals surface area contributed by atoms with Gasteiger partial charge in [-0.05, 0) is 62.6 Å². The van der Waals surface area contributed by atoms with Crippen LogP contribution in [0.2, 0.25) is 0 Å². The van der Waals surface area contributed by atoms with Crippen molar-refractivity contribution in [1.29, 1.82) is 0 Å². The minimum Gasteiger partial charge on any atom is -0.493 e. The van der Waals surface area contributed by atoms with Gasteiger partial charge in [0, 0.05) is 18.5 Å². The molecule has 1 saturated carbocycles. The summed E-state index contributed by atoms with van der Waals surface area (Å²) >= 11 is 0. The molecule has 5 heteroatoms. The number of hydrogen-bond acceptors (Lipinski definition) is 3. The summed E-state index contributed by atoms with van der Waals surface area (Å²) < 4.78 is 10.7. The Morgan fingerprint density at radius 1 is 1.12 bits per heavy atom. The van der Waals surface area contributed by atoms with E-state index in [1.54, 1.807) is 14.2 Å². The number of rotatable bonds is 8. The molecule has 1 fully saturated rings. The highest BCUT2D eigenvalue weighted by molar-refractivity contribution is 5.74. The number of methoxy groups -OCH3 is 2. The first kappa shape index (κ1) is 18.6. The Bertz CT molecular complexity index is 665. The number of hydrogen-bond donors (Lipinski definition) is 2. The largest absolute Gasteiger partial charge is 0.493 e. The first-order chi connectivity index (χ1) is 12.7. The van der Waals surface area contributed by atoms with Gasteiger partial charge in [-0.1, -0.05) is 17.7 Å². The number of allylic oxidation sites excluding steroid dienone is 1. The molecule has 0 spiro atoms. The van der Waals surface area contributed by atoms with Gasteiger partial charge in [-0.15, -0.1) is 0 Å². The number of nitrogens with one attached hydrogen (secondary N) is 2. The maximum Gasteiger partial charge on any atom is 0.314 e. The number of ether oxygens (including phenoxy) is 2. The monoisotopic (exact) mass is 358 g/mol. The van der Waals surface area contributed by atoms with Crippen molar-refractivity contribution < 1.29 is 14.3 Å². The molecule has 2 aliphatic carbocycles. The van der Waals surface area contributed by atoms with E-state index in [9.17, 15) is 4.79 Å². The van der Waals surface area contributed by atoms with Crippen molar-refractivity contribution >= 4 is 6.03 Å². The zero-order valence-corrected chi connectivity index (χ0v) is 15.9. The Morgan fingerprint density at radius 3 is 2.58 bits per heavy atom. The predicted octanol–water partition coefficient (Wildman–Crippen LogP) is 3.93. The average Bonchev–Trinajstić information content (AvgIpc) is 3.48. The van der Waals surface area contributed by atoms with Crippen molar-refractivity contribution in [1.82, 2.24) is 10.6 Å². The van der Waals surface area contributed by atoms with E-state index in [1.165, 1.54) is 36.8 Å². The van der Waals surface area contributed by atoms with Crippen molar-refractivity contribution in [2.24, 2.45) is 0 Å². The fraction of sp³-hybridized carbons (Fsp3) is 0.571. The molecule has 1 aromatic rings. The van der Waals surface area contributed by atoms with E-state index < -0.39 is 0 Å². The molecule has 2 N–H and O–H groups in total. The second-order valence-corrected chi connectivity index (χ2v) is 7.32. The lowest BCUT2D eigenvalue weighted by Crippen LogP contribution is -2.40. The Morgan fingerprint density at radius 2 is 1.92 bits per heavy atom. The van der Waals surface area contributed by atoms with Gasteiger partial charge >= 0.3 is 6.03 Å². The molecule has 26 heavy (non-hydrogen) atoms. The summed E-state index contributed by atoms with van der Waals surface area (Å²) in [4.78, 5) is 12.1. The van der Waals surface area contributed by atoms with Crippen LogP contribution >= 0.6 is 0 Å². The van der Waals surface area contributed by atoms with E-state index in [0.717, 1.165) is 30.8 Å². The van der Waals surface area contributed by atoms with Gasteiger partial charge in [-0.3, -0.25) is 0 Å². The predicted molar refractivity (Wildman–Crippen MR) is 103 cm³/mol. The summed E-state index contributed by atoms with van der Waals surface area (Å²) in [5, 5.41) is 6.03. The van der Waals surface area contributed by atoms with Gasteiger partial charge in [0.1, 0.15) is 0 Å². The third-order valence-electron chi connectivity index (χ3n) is 5.55. The summed E-state index contributed by atoms with van der Waals surface area (Å²) in [6, 6.07) is 5.96. The van der Waals surface area contributed by atoms with E-state index in [4.69, 9.17) is 9.47 Å². The van der Waals surface area contributed by atoms with Gasteiger partial charge in [-0.25, -0.2) is 4.79 Å². The standard InChI is InChI=1S/C21H30N2O3/c1-25-18-9-8-17(14-19(18)26-2)21(11-12-21)15-23-20(24)22-13-10-16-6-4-3-5-7-16/h6,8-9,14H,3-5,7,10-13,15H2,1-2H3,(H2,22,23,24). The van der Waals surface area contributed by atoms with Gasteiger partial charge in [0.15, 0.2) is 11.5 Å². The molecule has 0 aromatic heterocycles. The second kappa shape index (κ2) is 8.47. The van der Waals surface area contributed by atoms with Crippen LogP contribution in [0.15, 0.2) is 29.8 Å². The summed E-state index contributed by atoms with van der Waals surface area (Å²) in [7, 11) is 3.29. The zero-order chi connectivity index (χ0) is 18.4. The Balaban J connectivity index is 1.47. The first-order valence-corrected chi connectivity index (χ1v) is 9.59. The lowest BCUT2D eigenvalue weighted by molar-refractivity contribution is 0.240. The summed E-state index contributed by atoms with van der Waals surface area (Å²) in [5.74, 6) is 1.47. The van der Waals surface area contributed by atoms with Gasteiger partial charge in [0.05, 0.1) is 14.2 Å². The zero-order valence-electron chi connectivity index (χ0n) is 15.9. The fourth-order valence-corrected chi connectivity index (χ4v) is 3.66. The van der Waals surface area contributed by atoms with Gasteiger partial charge in [-0.2, -0.15) is 0 Å². The molecule has 3 rings (SSSR count). The summed E-state index contributed by atoms with van der Waals surface area (Å²) in [6.45, 7) is 1.36. The van der Waals surface area contributed by atoms with E-state index in [2.05, 4.69) is 22.8 Å².